The van der Waals surface area contributed by atoms with Gasteiger partial charge in [-0.05, 0) is 25.3 Å². The molecule has 0 aliphatic carbocycles. The maximum Gasteiger partial charge on any atom is 0.331 e. The van der Waals surface area contributed by atoms with Crippen LogP contribution in [-0.4, -0.2) is 17.0 Å². The monoisotopic (exact) mass is 250 g/mol. The number of anilines is 1. The summed E-state index contributed by atoms with van der Waals surface area (Å²) in [5, 5.41) is 22.1. The van der Waals surface area contributed by atoms with E-state index in [1.54, 1.807) is 11.4 Å². The Morgan fingerprint density at radius 2 is 2.06 bits per heavy atom. The van der Waals surface area contributed by atoms with E-state index in [-0.39, 0.29) is 11.1 Å². The van der Waals surface area contributed by atoms with Crippen LogP contribution in [0.4, 0.5) is 5.00 Å². The lowest BCUT2D eigenvalue weighted by molar-refractivity contribution is -0.133. The maximum atomic E-state index is 11.7. The number of rotatable bonds is 3. The van der Waals surface area contributed by atoms with E-state index in [2.05, 4.69) is 5.32 Å². The molecule has 0 fully saturated rings. The third-order valence-electron chi connectivity index (χ3n) is 2.24. The van der Waals surface area contributed by atoms with E-state index in [4.69, 9.17) is 10.4 Å². The molecule has 0 aromatic carbocycles. The molecule has 1 heterocycles. The fourth-order valence-electron chi connectivity index (χ4n) is 1.02. The molecule has 0 aliphatic rings. The first kappa shape index (κ1) is 12.9. The predicted octanol–water partition coefficient (Wildman–Crippen LogP) is 1.98. The van der Waals surface area contributed by atoms with Gasteiger partial charge in [-0.15, -0.1) is 11.3 Å². The van der Waals surface area contributed by atoms with Gasteiger partial charge < -0.3 is 10.4 Å². The Morgan fingerprint density at radius 1 is 1.41 bits per heavy atom. The highest BCUT2D eigenvalue weighted by Crippen LogP contribution is 2.22. The first-order valence-electron chi connectivity index (χ1n) is 4.67. The highest BCUT2D eigenvalue weighted by Gasteiger charge is 2.14. The van der Waals surface area contributed by atoms with E-state index < -0.39 is 11.9 Å². The molecule has 0 atom stereocenters. The molecule has 5 nitrogen and oxygen atoms in total. The third-order valence-corrected chi connectivity index (χ3v) is 3.07. The summed E-state index contributed by atoms with van der Waals surface area (Å²) in [7, 11) is 0. The second kappa shape index (κ2) is 5.27. The molecule has 0 saturated carbocycles. The molecule has 0 spiro atoms. The minimum atomic E-state index is -1.13. The van der Waals surface area contributed by atoms with E-state index in [9.17, 15) is 9.59 Å². The Bertz CT molecular complexity index is 537. The molecule has 1 aromatic heterocycles. The zero-order valence-electron chi connectivity index (χ0n) is 9.27. The quantitative estimate of drug-likeness (QED) is 0.802. The summed E-state index contributed by atoms with van der Waals surface area (Å²) < 4.78 is 0. The van der Waals surface area contributed by atoms with Gasteiger partial charge in [-0.3, -0.25) is 4.79 Å². The number of thiophene rings is 1. The van der Waals surface area contributed by atoms with Crippen LogP contribution in [0.3, 0.4) is 0 Å². The van der Waals surface area contributed by atoms with Crippen LogP contribution < -0.4 is 5.32 Å². The van der Waals surface area contributed by atoms with Crippen LogP contribution in [0.1, 0.15) is 19.4 Å². The van der Waals surface area contributed by atoms with Gasteiger partial charge >= 0.3 is 5.97 Å². The van der Waals surface area contributed by atoms with Crippen molar-refractivity contribution in [1.82, 2.24) is 0 Å². The van der Waals surface area contributed by atoms with Gasteiger partial charge in [-0.1, -0.05) is 0 Å². The Kier molecular flexibility index (Phi) is 4.01. The third kappa shape index (κ3) is 2.92. The first-order valence-corrected chi connectivity index (χ1v) is 5.55. The van der Waals surface area contributed by atoms with Gasteiger partial charge in [0.15, 0.2) is 0 Å². The van der Waals surface area contributed by atoms with Crippen molar-refractivity contribution in [2.75, 3.05) is 5.32 Å². The number of nitriles is 1. The fraction of sp³-hybridized carbons (Fsp3) is 0.182. The lowest BCUT2D eigenvalue weighted by Crippen LogP contribution is -2.16. The van der Waals surface area contributed by atoms with Gasteiger partial charge in [0.2, 0.25) is 0 Å². The van der Waals surface area contributed by atoms with Crippen LogP contribution in [0, 0.1) is 11.3 Å². The van der Waals surface area contributed by atoms with Crippen LogP contribution in [0.15, 0.2) is 22.6 Å². The number of amides is 1. The molecule has 0 aliphatic heterocycles. The average molecular weight is 250 g/mol. The number of hydrogen-bond acceptors (Lipinski definition) is 4. The molecule has 88 valence electrons. The topological polar surface area (TPSA) is 90.2 Å². The highest BCUT2D eigenvalue weighted by atomic mass is 32.1. The summed E-state index contributed by atoms with van der Waals surface area (Å²) in [6.07, 6.45) is 0. The molecule has 0 bridgehead atoms. The van der Waals surface area contributed by atoms with Crippen LogP contribution in [0.2, 0.25) is 0 Å². The minimum Gasteiger partial charge on any atom is -0.478 e. The standard InChI is InChI=1S/C11H10N2O3S/c1-6(7(2)11(15)16)9(14)13-10-8(5-12)3-4-17-10/h3-4H,1-2H3,(H,13,14)(H,15,16). The maximum absolute atomic E-state index is 11.7. The summed E-state index contributed by atoms with van der Waals surface area (Å²) in [6, 6.07) is 3.52. The normalized spacial score (nSPS) is 11.4. The zero-order chi connectivity index (χ0) is 13.0. The number of carboxylic acids is 1. The van der Waals surface area contributed by atoms with Crippen LogP contribution in [0.25, 0.3) is 0 Å². The van der Waals surface area contributed by atoms with E-state index in [0.29, 0.717) is 10.6 Å². The molecule has 0 radical (unpaired) electrons. The highest BCUT2D eigenvalue weighted by molar-refractivity contribution is 7.14. The SMILES string of the molecule is CC(C(=O)O)=C(C)C(=O)Nc1sccc1C#N. The van der Waals surface area contributed by atoms with Gasteiger partial charge in [-0.2, -0.15) is 5.26 Å². The second-order valence-electron chi connectivity index (χ2n) is 3.28. The first-order chi connectivity index (χ1) is 7.97. The molecule has 1 aromatic rings. The number of nitrogens with one attached hydrogen (secondary N) is 1. The number of nitrogens with zero attached hydrogens (tertiary/aromatic N) is 1. The summed E-state index contributed by atoms with van der Waals surface area (Å²) in [6.45, 7) is 2.79. The predicted molar refractivity (Wildman–Crippen MR) is 63.7 cm³/mol. The lowest BCUT2D eigenvalue weighted by Gasteiger charge is -2.05. The van der Waals surface area contributed by atoms with Gasteiger partial charge in [0.25, 0.3) is 5.91 Å². The lowest BCUT2D eigenvalue weighted by atomic mass is 10.1. The summed E-state index contributed by atoms with van der Waals surface area (Å²) in [5.74, 6) is -1.65. The minimum absolute atomic E-state index is 0.0161. The molecule has 1 amide bonds. The van der Waals surface area contributed by atoms with Crippen molar-refractivity contribution in [3.63, 3.8) is 0 Å². The Hall–Kier alpha value is -2.13. The number of carboxylic acid groups (broad SMARTS) is 1. The molecule has 6 heteroatoms. The van der Waals surface area contributed by atoms with Crippen molar-refractivity contribution in [2.24, 2.45) is 0 Å². The fourth-order valence-corrected chi connectivity index (χ4v) is 1.75. The van der Waals surface area contributed by atoms with E-state index in [1.165, 1.54) is 25.2 Å². The number of carbonyl (C=O) groups is 2. The van der Waals surface area contributed by atoms with Gasteiger partial charge in [0.1, 0.15) is 11.1 Å². The molecule has 0 saturated heterocycles. The van der Waals surface area contributed by atoms with E-state index >= 15 is 0 Å². The molecule has 0 unspecified atom stereocenters. The summed E-state index contributed by atoms with van der Waals surface area (Å²) in [5.41, 5.74) is 0.469. The number of hydrogen-bond donors (Lipinski definition) is 2. The molecular weight excluding hydrogens is 240 g/mol. The Labute approximate surface area is 102 Å². The second-order valence-corrected chi connectivity index (χ2v) is 4.20. The van der Waals surface area contributed by atoms with Crippen LogP contribution in [-0.2, 0) is 9.59 Å². The largest absolute Gasteiger partial charge is 0.478 e. The van der Waals surface area contributed by atoms with Gasteiger partial charge in [-0.25, -0.2) is 4.79 Å². The van der Waals surface area contributed by atoms with Crippen molar-refractivity contribution in [3.05, 3.63) is 28.2 Å². The van der Waals surface area contributed by atoms with Crippen LogP contribution >= 0.6 is 11.3 Å². The Morgan fingerprint density at radius 3 is 2.59 bits per heavy atom. The summed E-state index contributed by atoms with van der Waals surface area (Å²) in [4.78, 5) is 22.4. The smallest absolute Gasteiger partial charge is 0.331 e. The molecule has 1 rings (SSSR count). The molecule has 17 heavy (non-hydrogen) atoms. The molecule has 2 N–H and O–H groups in total. The summed E-state index contributed by atoms with van der Waals surface area (Å²) >= 11 is 1.22. The van der Waals surface area contributed by atoms with Gasteiger partial charge in [0.05, 0.1) is 5.56 Å². The van der Waals surface area contributed by atoms with Gasteiger partial charge in [0, 0.05) is 11.1 Å². The van der Waals surface area contributed by atoms with E-state index in [1.807, 2.05) is 6.07 Å². The van der Waals surface area contributed by atoms with Crippen molar-refractivity contribution >= 4 is 28.2 Å². The zero-order valence-corrected chi connectivity index (χ0v) is 10.1. The average Bonchev–Trinajstić information content (AvgIpc) is 2.73. The Balaban J connectivity index is 2.92. The van der Waals surface area contributed by atoms with Crippen molar-refractivity contribution in [1.29, 1.82) is 5.26 Å². The van der Waals surface area contributed by atoms with Crippen molar-refractivity contribution in [3.8, 4) is 6.07 Å². The molecular formula is C11H10N2O3S. The van der Waals surface area contributed by atoms with E-state index in [0.717, 1.165) is 0 Å². The van der Waals surface area contributed by atoms with Crippen molar-refractivity contribution in [2.45, 2.75) is 13.8 Å². The number of aliphatic carboxylic acids is 1. The van der Waals surface area contributed by atoms with Crippen molar-refractivity contribution < 1.29 is 14.7 Å². The number of carbonyl (C=O) groups excluding carboxylic acids is 1. The van der Waals surface area contributed by atoms with Crippen LogP contribution in [0.5, 0.6) is 0 Å².